The molecule has 0 unspecified atom stereocenters. The highest BCUT2D eigenvalue weighted by Gasteiger charge is 2.19. The molecule has 0 bridgehead atoms. The number of nitrogens with one attached hydrogen (secondary N) is 1. The number of ketones is 1. The van der Waals surface area contributed by atoms with Crippen molar-refractivity contribution in [2.75, 3.05) is 0 Å². The number of hydrogen-bond donors (Lipinski definition) is 2. The Labute approximate surface area is 106 Å². The van der Waals surface area contributed by atoms with E-state index in [2.05, 4.69) is 26.2 Å². The summed E-state index contributed by atoms with van der Waals surface area (Å²) in [6, 6.07) is 6.81. The molecule has 86 valence electrons. The number of rotatable bonds is 2. The first-order valence-electron chi connectivity index (χ1n) is 4.73. The van der Waals surface area contributed by atoms with Gasteiger partial charge in [-0.25, -0.2) is 4.99 Å². The van der Waals surface area contributed by atoms with Gasteiger partial charge in [0.15, 0.2) is 5.78 Å². The number of aliphatic imine (C=N–C) groups is 1. The molecule has 0 atom stereocenters. The number of nitrogens with zero attached hydrogens (tertiary/aromatic N) is 1. The van der Waals surface area contributed by atoms with Crippen LogP contribution in [0.1, 0.15) is 10.4 Å². The summed E-state index contributed by atoms with van der Waals surface area (Å²) >= 11 is 3.27. The van der Waals surface area contributed by atoms with Gasteiger partial charge >= 0.3 is 0 Å². The summed E-state index contributed by atoms with van der Waals surface area (Å²) in [7, 11) is 0. The molecule has 0 saturated heterocycles. The molecular formula is C11H8BrN3O2. The zero-order valence-electron chi connectivity index (χ0n) is 8.61. The van der Waals surface area contributed by atoms with E-state index in [0.29, 0.717) is 5.56 Å². The SMILES string of the molecule is NC1=NC(=CC(=O)c2ccc(Br)cc2)C(=O)N1. The maximum Gasteiger partial charge on any atom is 0.276 e. The minimum Gasteiger partial charge on any atom is -0.369 e. The first-order valence-corrected chi connectivity index (χ1v) is 5.52. The Bertz CT molecular complexity index is 546. The number of guanidine groups is 1. The van der Waals surface area contributed by atoms with Crippen molar-refractivity contribution < 1.29 is 9.59 Å². The standard InChI is InChI=1S/C11H8BrN3O2/c12-7-3-1-6(2-4-7)9(16)5-8-10(17)15-11(13)14-8/h1-5H,(H3,13,14,15,17). The van der Waals surface area contributed by atoms with Crippen molar-refractivity contribution in [2.24, 2.45) is 10.7 Å². The Morgan fingerprint density at radius 3 is 2.53 bits per heavy atom. The van der Waals surface area contributed by atoms with E-state index in [0.717, 1.165) is 4.47 Å². The van der Waals surface area contributed by atoms with Crippen LogP contribution in [0.4, 0.5) is 0 Å². The molecule has 5 nitrogen and oxygen atoms in total. The molecule has 1 heterocycles. The van der Waals surface area contributed by atoms with E-state index >= 15 is 0 Å². The molecule has 0 spiro atoms. The number of hydrogen-bond acceptors (Lipinski definition) is 4. The van der Waals surface area contributed by atoms with Gasteiger partial charge in [-0.3, -0.25) is 14.9 Å². The van der Waals surface area contributed by atoms with Gasteiger partial charge in [-0.1, -0.05) is 15.9 Å². The smallest absolute Gasteiger partial charge is 0.276 e. The van der Waals surface area contributed by atoms with Crippen molar-refractivity contribution in [2.45, 2.75) is 0 Å². The highest BCUT2D eigenvalue weighted by molar-refractivity contribution is 9.10. The van der Waals surface area contributed by atoms with Gasteiger partial charge in [-0.2, -0.15) is 0 Å². The fourth-order valence-corrected chi connectivity index (χ4v) is 1.57. The summed E-state index contributed by atoms with van der Waals surface area (Å²) in [6.45, 7) is 0. The molecule has 17 heavy (non-hydrogen) atoms. The van der Waals surface area contributed by atoms with Gasteiger partial charge in [0.1, 0.15) is 5.70 Å². The number of nitrogens with two attached hydrogens (primary N) is 1. The monoisotopic (exact) mass is 293 g/mol. The second-order valence-corrected chi connectivity index (χ2v) is 4.27. The summed E-state index contributed by atoms with van der Waals surface area (Å²) < 4.78 is 0.877. The van der Waals surface area contributed by atoms with Gasteiger partial charge in [0.2, 0.25) is 5.96 Å². The van der Waals surface area contributed by atoms with E-state index in [1.807, 2.05) is 0 Å². The van der Waals surface area contributed by atoms with Crippen LogP contribution in [-0.4, -0.2) is 17.6 Å². The van der Waals surface area contributed by atoms with Crippen molar-refractivity contribution in [3.63, 3.8) is 0 Å². The average Bonchev–Trinajstić information content (AvgIpc) is 2.58. The number of benzene rings is 1. The largest absolute Gasteiger partial charge is 0.369 e. The number of allylic oxidation sites excluding steroid dienone is 1. The normalized spacial score (nSPS) is 16.9. The molecule has 2 rings (SSSR count). The molecule has 1 aliphatic heterocycles. The zero-order valence-corrected chi connectivity index (χ0v) is 10.2. The fourth-order valence-electron chi connectivity index (χ4n) is 1.31. The molecular weight excluding hydrogens is 286 g/mol. The van der Waals surface area contributed by atoms with E-state index in [1.165, 1.54) is 6.08 Å². The van der Waals surface area contributed by atoms with Crippen LogP contribution >= 0.6 is 15.9 Å². The predicted octanol–water partition coefficient (Wildman–Crippen LogP) is 0.960. The summed E-state index contributed by atoms with van der Waals surface area (Å²) in [5.41, 5.74) is 5.81. The van der Waals surface area contributed by atoms with Crippen LogP contribution in [0.25, 0.3) is 0 Å². The maximum atomic E-state index is 11.8. The molecule has 0 fully saturated rings. The van der Waals surface area contributed by atoms with Crippen LogP contribution in [0.3, 0.4) is 0 Å². The molecule has 1 amide bonds. The second-order valence-electron chi connectivity index (χ2n) is 3.35. The third kappa shape index (κ3) is 2.59. The van der Waals surface area contributed by atoms with Crippen molar-refractivity contribution in [3.8, 4) is 0 Å². The zero-order chi connectivity index (χ0) is 12.4. The van der Waals surface area contributed by atoms with Crippen LogP contribution in [0.15, 0.2) is 45.5 Å². The molecule has 1 aromatic carbocycles. The lowest BCUT2D eigenvalue weighted by Gasteiger charge is -1.96. The Balaban J connectivity index is 2.25. The third-order valence-corrected chi connectivity index (χ3v) is 2.64. The lowest BCUT2D eigenvalue weighted by molar-refractivity contribution is -0.115. The summed E-state index contributed by atoms with van der Waals surface area (Å²) in [4.78, 5) is 26.8. The molecule has 0 radical (unpaired) electrons. The fraction of sp³-hybridized carbons (Fsp3) is 0. The minimum absolute atomic E-state index is 0.00450. The van der Waals surface area contributed by atoms with Crippen molar-refractivity contribution in [1.29, 1.82) is 0 Å². The molecule has 0 aliphatic carbocycles. The molecule has 0 aromatic heterocycles. The Hall–Kier alpha value is -1.95. The van der Waals surface area contributed by atoms with Crippen molar-refractivity contribution in [1.82, 2.24) is 5.32 Å². The van der Waals surface area contributed by atoms with Crippen molar-refractivity contribution >= 4 is 33.6 Å². The van der Waals surface area contributed by atoms with Gasteiger partial charge in [0.05, 0.1) is 0 Å². The second kappa shape index (κ2) is 4.50. The summed E-state index contributed by atoms with van der Waals surface area (Å²) in [5, 5.41) is 2.29. The Morgan fingerprint density at radius 1 is 1.35 bits per heavy atom. The van der Waals surface area contributed by atoms with Gasteiger partial charge < -0.3 is 5.73 Å². The van der Waals surface area contributed by atoms with Gasteiger partial charge in [-0.15, -0.1) is 0 Å². The van der Waals surface area contributed by atoms with E-state index in [9.17, 15) is 9.59 Å². The van der Waals surface area contributed by atoms with E-state index in [4.69, 9.17) is 5.73 Å². The molecule has 1 aromatic rings. The van der Waals surface area contributed by atoms with E-state index < -0.39 is 5.91 Å². The van der Waals surface area contributed by atoms with Gasteiger partial charge in [0.25, 0.3) is 5.91 Å². The number of halogens is 1. The van der Waals surface area contributed by atoms with E-state index in [-0.39, 0.29) is 17.4 Å². The lowest BCUT2D eigenvalue weighted by atomic mass is 10.1. The molecule has 6 heteroatoms. The number of carbonyl (C=O) groups is 2. The third-order valence-electron chi connectivity index (χ3n) is 2.11. The average molecular weight is 294 g/mol. The van der Waals surface area contributed by atoms with Crippen LogP contribution in [0.2, 0.25) is 0 Å². The van der Waals surface area contributed by atoms with Crippen LogP contribution in [-0.2, 0) is 4.79 Å². The van der Waals surface area contributed by atoms with Crippen LogP contribution < -0.4 is 11.1 Å². The highest BCUT2D eigenvalue weighted by atomic mass is 79.9. The topological polar surface area (TPSA) is 84.5 Å². The van der Waals surface area contributed by atoms with E-state index in [1.54, 1.807) is 24.3 Å². The van der Waals surface area contributed by atoms with Gasteiger partial charge in [0, 0.05) is 16.1 Å². The summed E-state index contributed by atoms with van der Waals surface area (Å²) in [5.74, 6) is -0.751. The Kier molecular flexibility index (Phi) is 3.06. The van der Waals surface area contributed by atoms with Crippen LogP contribution in [0.5, 0.6) is 0 Å². The first-order chi connectivity index (χ1) is 8.06. The predicted molar refractivity (Wildman–Crippen MR) is 66.3 cm³/mol. The summed E-state index contributed by atoms with van der Waals surface area (Å²) in [6.07, 6.45) is 1.17. The van der Waals surface area contributed by atoms with Crippen molar-refractivity contribution in [3.05, 3.63) is 46.1 Å². The highest BCUT2D eigenvalue weighted by Crippen LogP contribution is 2.12. The molecule has 0 saturated carbocycles. The lowest BCUT2D eigenvalue weighted by Crippen LogP contribution is -2.30. The maximum absolute atomic E-state index is 11.8. The number of carbonyl (C=O) groups excluding carboxylic acids is 2. The van der Waals surface area contributed by atoms with Gasteiger partial charge in [-0.05, 0) is 24.3 Å². The van der Waals surface area contributed by atoms with Crippen LogP contribution in [0, 0.1) is 0 Å². The minimum atomic E-state index is -0.465. The number of amides is 1. The molecule has 3 N–H and O–H groups in total. The molecule has 1 aliphatic rings. The quantitative estimate of drug-likeness (QED) is 0.629. The Morgan fingerprint density at radius 2 is 2.00 bits per heavy atom. The first kappa shape index (κ1) is 11.5.